The summed E-state index contributed by atoms with van der Waals surface area (Å²) >= 11 is 0. The smallest absolute Gasteiger partial charge is 0.103 e. The summed E-state index contributed by atoms with van der Waals surface area (Å²) in [5.74, 6) is 0. The maximum Gasteiger partial charge on any atom is 0.103 e. The largest absolute Gasteiger partial charge is 0.299 e. The molecular weight excluding hydrogens is 251 g/mol. The van der Waals surface area contributed by atoms with E-state index in [2.05, 4.69) is 41.1 Å². The van der Waals surface area contributed by atoms with Gasteiger partial charge in [-0.15, -0.1) is 0 Å². The minimum Gasteiger partial charge on any atom is -0.299 e. The molecule has 0 saturated carbocycles. The minimum atomic E-state index is -0.608. The molecule has 0 N–H and O–H groups in total. The number of fused-ring (bicyclic) bond motifs is 1. The zero-order valence-corrected chi connectivity index (χ0v) is 12.0. The molecule has 0 aliphatic carbocycles. The second-order valence-corrected chi connectivity index (χ2v) is 5.58. The van der Waals surface area contributed by atoms with Gasteiger partial charge in [0.25, 0.3) is 0 Å². The van der Waals surface area contributed by atoms with Gasteiger partial charge in [-0.3, -0.25) is 9.88 Å². The van der Waals surface area contributed by atoms with Crippen molar-refractivity contribution in [2.75, 3.05) is 13.1 Å². The number of aryl methyl sites for hydroxylation is 1. The number of hydrogen-bond donors (Lipinski definition) is 0. The van der Waals surface area contributed by atoms with Crippen LogP contribution in [0.4, 0.5) is 4.39 Å². The van der Waals surface area contributed by atoms with Crippen LogP contribution in [0.2, 0.25) is 0 Å². The molecule has 1 aliphatic heterocycles. The fourth-order valence-electron chi connectivity index (χ4n) is 3.02. The SMILES string of the molecule is CCc1ncc(CN2CCC(F)CC2)c2ccccc12. The Hall–Kier alpha value is -1.48. The van der Waals surface area contributed by atoms with Gasteiger partial charge >= 0.3 is 0 Å². The van der Waals surface area contributed by atoms with Gasteiger partial charge in [0, 0.05) is 36.9 Å². The second kappa shape index (κ2) is 5.88. The van der Waals surface area contributed by atoms with E-state index in [1.54, 1.807) is 0 Å². The van der Waals surface area contributed by atoms with E-state index in [0.717, 1.165) is 31.7 Å². The molecule has 1 aromatic heterocycles. The Bertz CT molecular complexity index is 589. The zero-order chi connectivity index (χ0) is 13.9. The second-order valence-electron chi connectivity index (χ2n) is 5.58. The van der Waals surface area contributed by atoms with Crippen molar-refractivity contribution in [2.24, 2.45) is 0 Å². The Balaban J connectivity index is 1.88. The van der Waals surface area contributed by atoms with E-state index in [0.29, 0.717) is 12.8 Å². The fourth-order valence-corrected chi connectivity index (χ4v) is 3.02. The molecule has 1 saturated heterocycles. The van der Waals surface area contributed by atoms with Gasteiger partial charge in [0.2, 0.25) is 0 Å². The van der Waals surface area contributed by atoms with Crippen LogP contribution in [0.1, 0.15) is 31.0 Å². The van der Waals surface area contributed by atoms with Gasteiger partial charge in [-0.1, -0.05) is 31.2 Å². The van der Waals surface area contributed by atoms with Gasteiger partial charge in [-0.25, -0.2) is 4.39 Å². The molecule has 0 radical (unpaired) electrons. The van der Waals surface area contributed by atoms with Crippen molar-refractivity contribution in [3.63, 3.8) is 0 Å². The number of nitrogens with zero attached hydrogens (tertiary/aromatic N) is 2. The van der Waals surface area contributed by atoms with Gasteiger partial charge in [0.1, 0.15) is 6.17 Å². The van der Waals surface area contributed by atoms with Crippen molar-refractivity contribution in [3.05, 3.63) is 41.7 Å². The normalized spacial score (nSPS) is 17.7. The van der Waals surface area contributed by atoms with Crippen LogP contribution in [-0.2, 0) is 13.0 Å². The van der Waals surface area contributed by atoms with Gasteiger partial charge in [-0.05, 0) is 30.2 Å². The highest BCUT2D eigenvalue weighted by Crippen LogP contribution is 2.24. The molecule has 2 nitrogen and oxygen atoms in total. The number of hydrogen-bond acceptors (Lipinski definition) is 2. The van der Waals surface area contributed by atoms with Crippen LogP contribution in [0.15, 0.2) is 30.5 Å². The van der Waals surface area contributed by atoms with E-state index >= 15 is 0 Å². The Morgan fingerprint density at radius 3 is 2.60 bits per heavy atom. The van der Waals surface area contributed by atoms with Crippen LogP contribution in [0, 0.1) is 0 Å². The summed E-state index contributed by atoms with van der Waals surface area (Å²) in [4.78, 5) is 6.94. The number of aromatic nitrogens is 1. The standard InChI is InChI=1S/C17H21FN2/c1-2-17-16-6-4-3-5-15(16)13(11-19-17)12-20-9-7-14(18)8-10-20/h3-6,11,14H,2,7-10,12H2,1H3. The summed E-state index contributed by atoms with van der Waals surface area (Å²) in [6.07, 6.45) is 3.68. The molecule has 0 atom stereocenters. The quantitative estimate of drug-likeness (QED) is 0.846. The summed E-state index contributed by atoms with van der Waals surface area (Å²) in [6.45, 7) is 4.72. The number of alkyl halides is 1. The Morgan fingerprint density at radius 1 is 1.20 bits per heavy atom. The molecular formula is C17H21FN2. The van der Waals surface area contributed by atoms with Crippen molar-refractivity contribution >= 4 is 10.8 Å². The number of likely N-dealkylation sites (tertiary alicyclic amines) is 1. The summed E-state index contributed by atoms with van der Waals surface area (Å²) in [7, 11) is 0. The topological polar surface area (TPSA) is 16.1 Å². The van der Waals surface area contributed by atoms with Crippen LogP contribution in [0.25, 0.3) is 10.8 Å². The van der Waals surface area contributed by atoms with E-state index < -0.39 is 6.17 Å². The molecule has 1 fully saturated rings. The third-order valence-corrected chi connectivity index (χ3v) is 4.21. The first-order chi connectivity index (χ1) is 9.78. The van der Waals surface area contributed by atoms with Crippen molar-refractivity contribution in [2.45, 2.75) is 38.9 Å². The molecule has 2 aromatic rings. The number of halogens is 1. The molecule has 2 heterocycles. The number of rotatable bonds is 3. The first-order valence-electron chi connectivity index (χ1n) is 7.50. The van der Waals surface area contributed by atoms with E-state index in [9.17, 15) is 4.39 Å². The monoisotopic (exact) mass is 272 g/mol. The van der Waals surface area contributed by atoms with Gasteiger partial charge in [0.05, 0.1) is 0 Å². The van der Waals surface area contributed by atoms with Crippen LogP contribution in [0.5, 0.6) is 0 Å². The first kappa shape index (κ1) is 13.5. The highest BCUT2D eigenvalue weighted by Gasteiger charge is 2.19. The van der Waals surface area contributed by atoms with Crippen molar-refractivity contribution in [1.82, 2.24) is 9.88 Å². The summed E-state index contributed by atoms with van der Waals surface area (Å²) in [5, 5.41) is 2.55. The Labute approximate surface area is 119 Å². The van der Waals surface area contributed by atoms with Crippen LogP contribution < -0.4 is 0 Å². The molecule has 0 spiro atoms. The molecule has 3 heteroatoms. The van der Waals surface area contributed by atoms with Crippen LogP contribution in [-0.4, -0.2) is 29.1 Å². The third kappa shape index (κ3) is 2.68. The summed E-state index contributed by atoms with van der Waals surface area (Å²) in [6, 6.07) is 8.48. The van der Waals surface area contributed by atoms with Crippen molar-refractivity contribution < 1.29 is 4.39 Å². The van der Waals surface area contributed by atoms with Crippen LogP contribution >= 0.6 is 0 Å². The van der Waals surface area contributed by atoms with Crippen LogP contribution in [0.3, 0.4) is 0 Å². The highest BCUT2D eigenvalue weighted by atomic mass is 19.1. The van der Waals surface area contributed by atoms with E-state index in [-0.39, 0.29) is 0 Å². The Kier molecular flexibility index (Phi) is 3.97. The number of piperidine rings is 1. The van der Waals surface area contributed by atoms with E-state index in [1.807, 2.05) is 6.20 Å². The zero-order valence-electron chi connectivity index (χ0n) is 12.0. The molecule has 3 rings (SSSR count). The summed E-state index contributed by atoms with van der Waals surface area (Å²) < 4.78 is 13.2. The first-order valence-corrected chi connectivity index (χ1v) is 7.50. The minimum absolute atomic E-state index is 0.608. The van der Waals surface area contributed by atoms with Gasteiger partial charge in [0.15, 0.2) is 0 Å². The predicted octanol–water partition coefficient (Wildman–Crippen LogP) is 3.73. The van der Waals surface area contributed by atoms with Gasteiger partial charge in [-0.2, -0.15) is 0 Å². The molecule has 1 aromatic carbocycles. The lowest BCUT2D eigenvalue weighted by atomic mass is 10.0. The molecule has 0 amide bonds. The maximum absolute atomic E-state index is 13.2. The third-order valence-electron chi connectivity index (χ3n) is 4.21. The molecule has 106 valence electrons. The fraction of sp³-hybridized carbons (Fsp3) is 0.471. The maximum atomic E-state index is 13.2. The molecule has 0 bridgehead atoms. The summed E-state index contributed by atoms with van der Waals surface area (Å²) in [5.41, 5.74) is 2.42. The molecule has 0 unspecified atom stereocenters. The average molecular weight is 272 g/mol. The Morgan fingerprint density at radius 2 is 1.90 bits per heavy atom. The lowest BCUT2D eigenvalue weighted by Gasteiger charge is -2.28. The van der Waals surface area contributed by atoms with E-state index in [4.69, 9.17) is 0 Å². The molecule has 1 aliphatic rings. The molecule has 20 heavy (non-hydrogen) atoms. The lowest BCUT2D eigenvalue weighted by molar-refractivity contribution is 0.145. The van der Waals surface area contributed by atoms with Gasteiger partial charge < -0.3 is 0 Å². The van der Waals surface area contributed by atoms with Crippen molar-refractivity contribution in [3.8, 4) is 0 Å². The lowest BCUT2D eigenvalue weighted by Crippen LogP contribution is -2.33. The van der Waals surface area contributed by atoms with E-state index in [1.165, 1.54) is 16.3 Å². The number of benzene rings is 1. The number of pyridine rings is 1. The average Bonchev–Trinajstić information content (AvgIpc) is 2.50. The predicted molar refractivity (Wildman–Crippen MR) is 80.5 cm³/mol. The van der Waals surface area contributed by atoms with Crippen molar-refractivity contribution in [1.29, 1.82) is 0 Å². The highest BCUT2D eigenvalue weighted by molar-refractivity contribution is 5.87.